The number of nitrogens with zero attached hydrogens (tertiary/aromatic N) is 2. The molecule has 0 unspecified atom stereocenters. The Morgan fingerprint density at radius 1 is 1.22 bits per heavy atom. The molecule has 0 spiro atoms. The molecule has 18 heavy (non-hydrogen) atoms. The molecule has 0 radical (unpaired) electrons. The van der Waals surface area contributed by atoms with Crippen LogP contribution >= 0.6 is 0 Å². The van der Waals surface area contributed by atoms with Crippen LogP contribution in [0.25, 0.3) is 11.4 Å². The van der Waals surface area contributed by atoms with Crippen LogP contribution in [-0.2, 0) is 0 Å². The van der Waals surface area contributed by atoms with Crippen LogP contribution in [0.4, 0.5) is 4.39 Å². The summed E-state index contributed by atoms with van der Waals surface area (Å²) >= 11 is 0. The van der Waals surface area contributed by atoms with Gasteiger partial charge < -0.3 is 5.32 Å². The molecule has 1 fully saturated rings. The lowest BCUT2D eigenvalue weighted by Crippen LogP contribution is -2.28. The monoisotopic (exact) mass is 246 g/mol. The standard InChI is InChI=1S/C13H15FN4/c14-11-5-3-9(4-6-11)12-16-13(18-17-12)10-2-1-7-15-8-10/h3-6,10,15H,1-2,7-8H2,(H,16,17,18)/t10-/m0/s1. The highest BCUT2D eigenvalue weighted by Gasteiger charge is 2.19. The Bertz CT molecular complexity index is 514. The zero-order chi connectivity index (χ0) is 12.4. The maximum absolute atomic E-state index is 12.8. The van der Waals surface area contributed by atoms with Crippen LogP contribution in [-0.4, -0.2) is 28.3 Å². The SMILES string of the molecule is Fc1ccc(-c2n[nH]c([C@H]3CCCNC3)n2)cc1. The molecule has 1 aliphatic heterocycles. The Morgan fingerprint density at radius 2 is 2.06 bits per heavy atom. The topological polar surface area (TPSA) is 53.6 Å². The minimum atomic E-state index is -0.244. The number of hydrogen-bond donors (Lipinski definition) is 2. The lowest BCUT2D eigenvalue weighted by Gasteiger charge is -2.20. The first-order valence-electron chi connectivity index (χ1n) is 6.22. The smallest absolute Gasteiger partial charge is 0.181 e. The van der Waals surface area contributed by atoms with Gasteiger partial charge in [-0.2, -0.15) is 5.10 Å². The fourth-order valence-electron chi connectivity index (χ4n) is 2.27. The van der Waals surface area contributed by atoms with Crippen LogP contribution < -0.4 is 5.32 Å². The minimum absolute atomic E-state index is 0.244. The van der Waals surface area contributed by atoms with Gasteiger partial charge in [0.25, 0.3) is 0 Å². The van der Waals surface area contributed by atoms with Gasteiger partial charge in [-0.15, -0.1) is 0 Å². The summed E-state index contributed by atoms with van der Waals surface area (Å²) in [5, 5.41) is 10.6. The van der Waals surface area contributed by atoms with E-state index in [2.05, 4.69) is 20.5 Å². The Hall–Kier alpha value is -1.75. The van der Waals surface area contributed by atoms with Gasteiger partial charge in [0, 0.05) is 18.0 Å². The van der Waals surface area contributed by atoms with Crippen LogP contribution in [0.1, 0.15) is 24.6 Å². The molecule has 0 aliphatic carbocycles. The number of H-pyrrole nitrogens is 1. The molecule has 0 saturated carbocycles. The van der Waals surface area contributed by atoms with E-state index in [4.69, 9.17) is 0 Å². The van der Waals surface area contributed by atoms with E-state index in [0.717, 1.165) is 37.3 Å². The summed E-state index contributed by atoms with van der Waals surface area (Å²) in [5.74, 6) is 1.71. The first kappa shape index (κ1) is 11.3. The van der Waals surface area contributed by atoms with E-state index >= 15 is 0 Å². The summed E-state index contributed by atoms with van der Waals surface area (Å²) in [4.78, 5) is 4.50. The highest BCUT2D eigenvalue weighted by Crippen LogP contribution is 2.22. The van der Waals surface area contributed by atoms with E-state index in [-0.39, 0.29) is 5.82 Å². The van der Waals surface area contributed by atoms with Crippen molar-refractivity contribution in [1.82, 2.24) is 20.5 Å². The molecule has 0 amide bonds. The van der Waals surface area contributed by atoms with E-state index in [1.165, 1.54) is 12.1 Å². The molecule has 4 nitrogen and oxygen atoms in total. The second kappa shape index (κ2) is 4.86. The van der Waals surface area contributed by atoms with Gasteiger partial charge in [0.15, 0.2) is 5.82 Å². The Kier molecular flexibility index (Phi) is 3.06. The number of halogens is 1. The third-order valence-corrected chi connectivity index (χ3v) is 3.29. The summed E-state index contributed by atoms with van der Waals surface area (Å²) in [6.45, 7) is 2.02. The number of nitrogens with one attached hydrogen (secondary N) is 2. The predicted octanol–water partition coefficient (Wildman–Crippen LogP) is 2.08. The van der Waals surface area contributed by atoms with Gasteiger partial charge in [-0.3, -0.25) is 5.10 Å². The number of aromatic amines is 1. The van der Waals surface area contributed by atoms with Crippen LogP contribution in [0.3, 0.4) is 0 Å². The van der Waals surface area contributed by atoms with Gasteiger partial charge in [-0.25, -0.2) is 9.37 Å². The van der Waals surface area contributed by atoms with Crippen molar-refractivity contribution >= 4 is 0 Å². The zero-order valence-corrected chi connectivity index (χ0v) is 9.99. The molecule has 1 aromatic heterocycles. The molecule has 2 N–H and O–H groups in total. The second-order valence-electron chi connectivity index (χ2n) is 4.59. The number of aromatic nitrogens is 3. The number of benzene rings is 1. The highest BCUT2D eigenvalue weighted by atomic mass is 19.1. The third kappa shape index (κ3) is 2.26. The first-order valence-corrected chi connectivity index (χ1v) is 6.22. The fraction of sp³-hybridized carbons (Fsp3) is 0.385. The van der Waals surface area contributed by atoms with Crippen LogP contribution in [0, 0.1) is 5.82 Å². The second-order valence-corrected chi connectivity index (χ2v) is 4.59. The van der Waals surface area contributed by atoms with E-state index in [1.807, 2.05) is 0 Å². The summed E-state index contributed by atoms with van der Waals surface area (Å²) in [7, 11) is 0. The van der Waals surface area contributed by atoms with Gasteiger partial charge in [-0.1, -0.05) is 0 Å². The normalized spacial score (nSPS) is 19.9. The van der Waals surface area contributed by atoms with Crippen molar-refractivity contribution in [3.05, 3.63) is 35.9 Å². The summed E-state index contributed by atoms with van der Waals surface area (Å²) in [6.07, 6.45) is 2.29. The van der Waals surface area contributed by atoms with Crippen molar-refractivity contribution in [2.75, 3.05) is 13.1 Å². The van der Waals surface area contributed by atoms with E-state index in [9.17, 15) is 4.39 Å². The number of piperidine rings is 1. The summed E-state index contributed by atoms with van der Waals surface area (Å²) in [6, 6.07) is 6.24. The van der Waals surface area contributed by atoms with Gasteiger partial charge in [-0.05, 0) is 43.7 Å². The van der Waals surface area contributed by atoms with Crippen molar-refractivity contribution in [3.8, 4) is 11.4 Å². The largest absolute Gasteiger partial charge is 0.316 e. The average Bonchev–Trinajstić information content (AvgIpc) is 2.90. The molecule has 94 valence electrons. The molecule has 2 aromatic rings. The lowest BCUT2D eigenvalue weighted by molar-refractivity contribution is 0.447. The molecule has 2 heterocycles. The maximum Gasteiger partial charge on any atom is 0.181 e. The number of rotatable bonds is 2. The molecule has 1 aliphatic rings. The molecule has 3 rings (SSSR count). The third-order valence-electron chi connectivity index (χ3n) is 3.29. The molecule has 5 heteroatoms. The Labute approximate surface area is 105 Å². The van der Waals surface area contributed by atoms with Gasteiger partial charge in [0.2, 0.25) is 0 Å². The van der Waals surface area contributed by atoms with E-state index in [1.54, 1.807) is 12.1 Å². The van der Waals surface area contributed by atoms with Gasteiger partial charge >= 0.3 is 0 Å². The Morgan fingerprint density at radius 3 is 2.78 bits per heavy atom. The summed E-state index contributed by atoms with van der Waals surface area (Å²) in [5.41, 5.74) is 0.836. The lowest BCUT2D eigenvalue weighted by atomic mass is 9.99. The molecular weight excluding hydrogens is 231 g/mol. The van der Waals surface area contributed by atoms with Crippen molar-refractivity contribution in [2.45, 2.75) is 18.8 Å². The molecule has 1 atom stereocenters. The molecular formula is C13H15FN4. The quantitative estimate of drug-likeness (QED) is 0.853. The van der Waals surface area contributed by atoms with E-state index < -0.39 is 0 Å². The molecule has 0 bridgehead atoms. The van der Waals surface area contributed by atoms with Crippen molar-refractivity contribution < 1.29 is 4.39 Å². The van der Waals surface area contributed by atoms with Crippen LogP contribution in [0.2, 0.25) is 0 Å². The van der Waals surface area contributed by atoms with Crippen molar-refractivity contribution in [1.29, 1.82) is 0 Å². The van der Waals surface area contributed by atoms with Crippen molar-refractivity contribution in [2.24, 2.45) is 0 Å². The maximum atomic E-state index is 12.8. The van der Waals surface area contributed by atoms with Crippen LogP contribution in [0.15, 0.2) is 24.3 Å². The van der Waals surface area contributed by atoms with Crippen LogP contribution in [0.5, 0.6) is 0 Å². The summed E-state index contributed by atoms with van der Waals surface area (Å²) < 4.78 is 12.8. The predicted molar refractivity (Wildman–Crippen MR) is 66.6 cm³/mol. The van der Waals surface area contributed by atoms with Gasteiger partial charge in [0.05, 0.1) is 0 Å². The first-order chi connectivity index (χ1) is 8.83. The number of hydrogen-bond acceptors (Lipinski definition) is 3. The van der Waals surface area contributed by atoms with Crippen molar-refractivity contribution in [3.63, 3.8) is 0 Å². The highest BCUT2D eigenvalue weighted by molar-refractivity contribution is 5.54. The molecule has 1 aromatic carbocycles. The fourth-order valence-corrected chi connectivity index (χ4v) is 2.27. The minimum Gasteiger partial charge on any atom is -0.316 e. The zero-order valence-electron chi connectivity index (χ0n) is 9.99. The molecule has 1 saturated heterocycles. The van der Waals surface area contributed by atoms with E-state index in [0.29, 0.717) is 11.7 Å². The Balaban J connectivity index is 1.82. The average molecular weight is 246 g/mol. The van der Waals surface area contributed by atoms with Gasteiger partial charge in [0.1, 0.15) is 11.6 Å².